The van der Waals surface area contributed by atoms with Crippen LogP contribution in [0.3, 0.4) is 0 Å². The molecule has 8 heteroatoms. The van der Waals surface area contributed by atoms with E-state index in [0.29, 0.717) is 5.92 Å². The second-order valence-electron chi connectivity index (χ2n) is 5.65. The lowest BCUT2D eigenvalue weighted by molar-refractivity contribution is -0.139. The molecule has 1 rings (SSSR count). The number of hydrogen-bond donors (Lipinski definition) is 4. The van der Waals surface area contributed by atoms with E-state index in [1.807, 2.05) is 14.0 Å². The lowest BCUT2D eigenvalue weighted by Gasteiger charge is -2.35. The van der Waals surface area contributed by atoms with Crippen LogP contribution < -0.4 is 16.4 Å². The predicted molar refractivity (Wildman–Crippen MR) is 76.6 cm³/mol. The third-order valence-electron chi connectivity index (χ3n) is 3.71. The molecule has 3 atom stereocenters. The monoisotopic (exact) mass is 300 g/mol. The Kier molecular flexibility index (Phi) is 6.41. The van der Waals surface area contributed by atoms with E-state index in [1.54, 1.807) is 0 Å². The van der Waals surface area contributed by atoms with E-state index >= 15 is 0 Å². The topological polar surface area (TPSA) is 125 Å². The first-order chi connectivity index (χ1) is 9.79. The van der Waals surface area contributed by atoms with Crippen LogP contribution in [0.1, 0.15) is 26.2 Å². The van der Waals surface area contributed by atoms with Gasteiger partial charge >= 0.3 is 12.0 Å². The molecule has 21 heavy (non-hydrogen) atoms. The molecule has 0 aromatic heterocycles. The Balaban J connectivity index is 2.46. The molecule has 0 spiro atoms. The van der Waals surface area contributed by atoms with Crippen LogP contribution in [0.25, 0.3) is 0 Å². The van der Waals surface area contributed by atoms with Crippen LogP contribution in [0.4, 0.5) is 4.79 Å². The van der Waals surface area contributed by atoms with Crippen molar-refractivity contribution in [1.82, 2.24) is 15.5 Å². The first-order valence-corrected chi connectivity index (χ1v) is 7.06. The van der Waals surface area contributed by atoms with E-state index in [-0.39, 0.29) is 18.9 Å². The van der Waals surface area contributed by atoms with Gasteiger partial charge in [0, 0.05) is 19.0 Å². The Labute approximate surface area is 124 Å². The quantitative estimate of drug-likeness (QED) is 0.518. The third kappa shape index (κ3) is 5.99. The van der Waals surface area contributed by atoms with Crippen molar-refractivity contribution >= 4 is 17.9 Å². The number of amides is 3. The largest absolute Gasteiger partial charge is 0.480 e. The van der Waals surface area contributed by atoms with E-state index in [1.165, 1.54) is 0 Å². The Morgan fingerprint density at radius 1 is 1.43 bits per heavy atom. The number of carboxylic acid groups (broad SMARTS) is 1. The minimum atomic E-state index is -1.18. The van der Waals surface area contributed by atoms with Gasteiger partial charge in [-0.2, -0.15) is 0 Å². The van der Waals surface area contributed by atoms with Gasteiger partial charge in [-0.05, 0) is 32.4 Å². The second kappa shape index (κ2) is 7.82. The number of primary amides is 1. The normalized spacial score (nSPS) is 24.1. The number of carbonyl (C=O) groups excluding carboxylic acids is 2. The molecule has 120 valence electrons. The Hall–Kier alpha value is -1.83. The smallest absolute Gasteiger partial charge is 0.326 e. The number of nitrogens with zero attached hydrogens (tertiary/aromatic N) is 1. The first kappa shape index (κ1) is 17.2. The minimum Gasteiger partial charge on any atom is -0.480 e. The maximum Gasteiger partial charge on any atom is 0.326 e. The summed E-state index contributed by atoms with van der Waals surface area (Å²) in [5.41, 5.74) is 4.99. The molecule has 0 bridgehead atoms. The van der Waals surface area contributed by atoms with Crippen LogP contribution in [0.15, 0.2) is 0 Å². The molecular weight excluding hydrogens is 276 g/mol. The highest BCUT2D eigenvalue weighted by Crippen LogP contribution is 2.15. The summed E-state index contributed by atoms with van der Waals surface area (Å²) in [7, 11) is 2.02. The molecule has 1 aliphatic heterocycles. The van der Waals surface area contributed by atoms with Gasteiger partial charge in [-0.3, -0.25) is 4.79 Å². The zero-order chi connectivity index (χ0) is 16.0. The molecule has 0 radical (unpaired) electrons. The fourth-order valence-electron chi connectivity index (χ4n) is 2.48. The Morgan fingerprint density at radius 2 is 2.10 bits per heavy atom. The van der Waals surface area contributed by atoms with Crippen molar-refractivity contribution in [1.29, 1.82) is 0 Å². The molecule has 0 saturated carbocycles. The van der Waals surface area contributed by atoms with Gasteiger partial charge in [-0.25, -0.2) is 9.59 Å². The predicted octanol–water partition coefficient (Wildman–Crippen LogP) is -0.655. The first-order valence-electron chi connectivity index (χ1n) is 7.06. The third-order valence-corrected chi connectivity index (χ3v) is 3.71. The average Bonchev–Trinajstić information content (AvgIpc) is 2.37. The van der Waals surface area contributed by atoms with Crippen molar-refractivity contribution in [2.45, 2.75) is 38.3 Å². The average molecular weight is 300 g/mol. The van der Waals surface area contributed by atoms with Crippen molar-refractivity contribution in [2.75, 3.05) is 20.1 Å². The fourth-order valence-corrected chi connectivity index (χ4v) is 2.48. The van der Waals surface area contributed by atoms with E-state index in [9.17, 15) is 14.4 Å². The van der Waals surface area contributed by atoms with Crippen LogP contribution in [0.2, 0.25) is 0 Å². The molecule has 8 nitrogen and oxygen atoms in total. The summed E-state index contributed by atoms with van der Waals surface area (Å²) >= 11 is 0. The molecule has 0 aromatic carbocycles. The van der Waals surface area contributed by atoms with Gasteiger partial charge in [0.2, 0.25) is 5.91 Å². The number of nitrogens with two attached hydrogens (primary N) is 1. The number of hydrogen-bond acceptors (Lipinski definition) is 4. The van der Waals surface area contributed by atoms with Gasteiger partial charge in [0.05, 0.1) is 0 Å². The minimum absolute atomic E-state index is 0.0129. The van der Waals surface area contributed by atoms with Crippen LogP contribution in [0, 0.1) is 5.92 Å². The van der Waals surface area contributed by atoms with Crippen LogP contribution in [-0.2, 0) is 9.59 Å². The summed E-state index contributed by atoms with van der Waals surface area (Å²) in [5, 5.41) is 14.2. The Morgan fingerprint density at radius 3 is 2.62 bits per heavy atom. The molecular formula is C13H24N4O4. The van der Waals surface area contributed by atoms with E-state index in [2.05, 4.69) is 15.5 Å². The van der Waals surface area contributed by atoms with Crippen molar-refractivity contribution < 1.29 is 19.5 Å². The number of nitrogens with one attached hydrogen (secondary N) is 2. The molecule has 0 aromatic rings. The zero-order valence-corrected chi connectivity index (χ0v) is 12.5. The lowest BCUT2D eigenvalue weighted by atomic mass is 9.94. The maximum absolute atomic E-state index is 11.9. The van der Waals surface area contributed by atoms with Crippen molar-refractivity contribution in [3.8, 4) is 0 Å². The van der Waals surface area contributed by atoms with Crippen molar-refractivity contribution in [2.24, 2.45) is 11.7 Å². The standard InChI is InChI=1S/C13H24N4O4/c1-8-7-17(2)6-5-9(8)15-13(21)16-10(12(19)20)3-4-11(14)18/h8-10H,3-7H2,1-2H3,(H2,14,18)(H,19,20)(H2,15,16,21). The van der Waals surface area contributed by atoms with Crippen LogP contribution >= 0.6 is 0 Å². The van der Waals surface area contributed by atoms with Gasteiger partial charge in [0.15, 0.2) is 0 Å². The number of carbonyl (C=O) groups is 3. The van der Waals surface area contributed by atoms with Crippen LogP contribution in [0.5, 0.6) is 0 Å². The highest BCUT2D eigenvalue weighted by molar-refractivity contribution is 5.83. The van der Waals surface area contributed by atoms with Gasteiger partial charge in [0.1, 0.15) is 6.04 Å². The molecule has 1 aliphatic rings. The summed E-state index contributed by atoms with van der Waals surface area (Å²) < 4.78 is 0. The molecule has 1 heterocycles. The van der Waals surface area contributed by atoms with E-state index in [4.69, 9.17) is 10.8 Å². The highest BCUT2D eigenvalue weighted by atomic mass is 16.4. The molecule has 0 aliphatic carbocycles. The maximum atomic E-state index is 11.9. The fraction of sp³-hybridized carbons (Fsp3) is 0.769. The SMILES string of the molecule is CC1CN(C)CCC1NC(=O)NC(CCC(N)=O)C(=O)O. The van der Waals surface area contributed by atoms with Gasteiger partial charge in [-0.15, -0.1) is 0 Å². The number of aliphatic carboxylic acids is 1. The number of urea groups is 1. The summed E-state index contributed by atoms with van der Waals surface area (Å²) in [6, 6.07) is -1.61. The summed E-state index contributed by atoms with van der Waals surface area (Å²) in [6.07, 6.45) is 0.729. The molecule has 5 N–H and O–H groups in total. The molecule has 3 amide bonds. The zero-order valence-electron chi connectivity index (χ0n) is 12.5. The van der Waals surface area contributed by atoms with Gasteiger partial charge < -0.3 is 26.4 Å². The summed E-state index contributed by atoms with van der Waals surface area (Å²) in [5.74, 6) is -1.47. The summed E-state index contributed by atoms with van der Waals surface area (Å²) in [4.78, 5) is 35.8. The number of carboxylic acids is 1. The van der Waals surface area contributed by atoms with E-state index < -0.39 is 23.9 Å². The number of piperidine rings is 1. The molecule has 3 unspecified atom stereocenters. The van der Waals surface area contributed by atoms with Gasteiger partial charge in [0.25, 0.3) is 0 Å². The van der Waals surface area contributed by atoms with Crippen molar-refractivity contribution in [3.05, 3.63) is 0 Å². The molecule has 1 saturated heterocycles. The van der Waals surface area contributed by atoms with Gasteiger partial charge in [-0.1, -0.05) is 6.92 Å². The highest BCUT2D eigenvalue weighted by Gasteiger charge is 2.27. The molecule has 1 fully saturated rings. The van der Waals surface area contributed by atoms with Crippen molar-refractivity contribution in [3.63, 3.8) is 0 Å². The number of rotatable bonds is 6. The number of likely N-dealkylation sites (tertiary alicyclic amines) is 1. The van der Waals surface area contributed by atoms with Crippen LogP contribution in [-0.4, -0.2) is 60.1 Å². The lowest BCUT2D eigenvalue weighted by Crippen LogP contribution is -2.54. The second-order valence-corrected chi connectivity index (χ2v) is 5.65. The Bertz CT molecular complexity index is 402. The summed E-state index contributed by atoms with van der Waals surface area (Å²) in [6.45, 7) is 3.82. The van der Waals surface area contributed by atoms with E-state index in [0.717, 1.165) is 19.5 Å².